The van der Waals surface area contributed by atoms with Gasteiger partial charge in [-0.25, -0.2) is 0 Å². The van der Waals surface area contributed by atoms with Crippen LogP contribution in [0.25, 0.3) is 0 Å². The summed E-state index contributed by atoms with van der Waals surface area (Å²) in [6, 6.07) is 4.87. The van der Waals surface area contributed by atoms with E-state index < -0.39 is 4.92 Å². The molecule has 5 nitrogen and oxygen atoms in total. The van der Waals surface area contributed by atoms with Crippen LogP contribution in [0.3, 0.4) is 0 Å². The van der Waals surface area contributed by atoms with Crippen molar-refractivity contribution >= 4 is 27.5 Å². The highest BCUT2D eigenvalue weighted by molar-refractivity contribution is 9.10. The highest BCUT2D eigenvalue weighted by atomic mass is 79.9. The van der Waals surface area contributed by atoms with E-state index in [2.05, 4.69) is 29.8 Å². The Morgan fingerprint density at radius 3 is 2.67 bits per heavy atom. The van der Waals surface area contributed by atoms with E-state index in [-0.39, 0.29) is 11.6 Å². The number of amides is 1. The molecule has 1 aliphatic carbocycles. The van der Waals surface area contributed by atoms with Crippen molar-refractivity contribution in [2.45, 2.75) is 39.2 Å². The Balaban J connectivity index is 2.20. The van der Waals surface area contributed by atoms with E-state index in [1.165, 1.54) is 6.07 Å². The number of nitro groups is 1. The molecule has 0 heterocycles. The second-order valence-electron chi connectivity index (χ2n) is 5.84. The molecule has 0 bridgehead atoms. The number of rotatable bonds is 6. The third-order valence-electron chi connectivity index (χ3n) is 3.59. The van der Waals surface area contributed by atoms with Crippen LogP contribution in [-0.4, -0.2) is 28.3 Å². The molecule has 21 heavy (non-hydrogen) atoms. The number of halogens is 1. The van der Waals surface area contributed by atoms with Crippen LogP contribution in [0.2, 0.25) is 0 Å². The minimum absolute atomic E-state index is 0.0690. The number of carbonyl (C=O) groups excluding carboxylic acids is 1. The minimum atomic E-state index is -0.476. The molecule has 0 unspecified atom stereocenters. The Hall–Kier alpha value is -1.43. The number of nitrogens with zero attached hydrogens (tertiary/aromatic N) is 2. The Bertz CT molecular complexity index is 556. The summed E-state index contributed by atoms with van der Waals surface area (Å²) in [5, 5.41) is 11.0. The smallest absolute Gasteiger partial charge is 0.284 e. The van der Waals surface area contributed by atoms with Crippen molar-refractivity contribution in [2.75, 3.05) is 6.54 Å². The molecule has 6 heteroatoms. The van der Waals surface area contributed by atoms with Crippen LogP contribution in [0.15, 0.2) is 22.7 Å². The molecule has 1 aliphatic rings. The lowest BCUT2D eigenvalue weighted by Gasteiger charge is -2.23. The zero-order valence-corrected chi connectivity index (χ0v) is 13.8. The van der Waals surface area contributed by atoms with Crippen molar-refractivity contribution in [3.8, 4) is 0 Å². The average molecular weight is 355 g/mol. The Kier molecular flexibility index (Phi) is 4.98. The zero-order valence-electron chi connectivity index (χ0n) is 12.2. The molecule has 1 fully saturated rings. The van der Waals surface area contributed by atoms with Crippen LogP contribution in [0, 0.1) is 16.0 Å². The predicted molar refractivity (Wildman–Crippen MR) is 84.3 cm³/mol. The lowest BCUT2D eigenvalue weighted by molar-refractivity contribution is -0.385. The van der Waals surface area contributed by atoms with Gasteiger partial charge in [0.2, 0.25) is 0 Å². The van der Waals surface area contributed by atoms with Crippen LogP contribution >= 0.6 is 15.9 Å². The molecule has 114 valence electrons. The van der Waals surface area contributed by atoms with Crippen LogP contribution < -0.4 is 0 Å². The number of carbonyl (C=O) groups is 1. The summed E-state index contributed by atoms with van der Waals surface area (Å²) in [5.41, 5.74) is 0.320. The van der Waals surface area contributed by atoms with Gasteiger partial charge in [0.25, 0.3) is 11.6 Å². The van der Waals surface area contributed by atoms with Crippen molar-refractivity contribution in [3.63, 3.8) is 0 Å². The first-order valence-electron chi connectivity index (χ1n) is 7.15. The van der Waals surface area contributed by atoms with E-state index in [4.69, 9.17) is 0 Å². The second-order valence-corrected chi connectivity index (χ2v) is 6.69. The summed E-state index contributed by atoms with van der Waals surface area (Å²) in [4.78, 5) is 25.0. The van der Waals surface area contributed by atoms with E-state index >= 15 is 0 Å². The fourth-order valence-electron chi connectivity index (χ4n) is 2.18. The number of hydrogen-bond acceptors (Lipinski definition) is 3. The number of nitro benzene ring substituents is 1. The van der Waals surface area contributed by atoms with Crippen LogP contribution in [0.4, 0.5) is 5.69 Å². The molecule has 0 radical (unpaired) electrons. The first-order chi connectivity index (χ1) is 9.90. The maximum Gasteiger partial charge on any atom is 0.284 e. The van der Waals surface area contributed by atoms with E-state index in [1.807, 2.05) is 4.90 Å². The van der Waals surface area contributed by atoms with Crippen LogP contribution in [0.5, 0.6) is 0 Å². The first-order valence-corrected chi connectivity index (χ1v) is 7.94. The van der Waals surface area contributed by atoms with Gasteiger partial charge in [-0.15, -0.1) is 0 Å². The third-order valence-corrected chi connectivity index (χ3v) is 4.26. The van der Waals surface area contributed by atoms with Crippen molar-refractivity contribution in [3.05, 3.63) is 38.3 Å². The van der Waals surface area contributed by atoms with E-state index in [0.29, 0.717) is 28.5 Å². The monoisotopic (exact) mass is 354 g/mol. The van der Waals surface area contributed by atoms with Crippen molar-refractivity contribution < 1.29 is 9.72 Å². The van der Waals surface area contributed by atoms with Crippen molar-refractivity contribution in [1.29, 1.82) is 0 Å². The quantitative estimate of drug-likeness (QED) is 0.572. The lowest BCUT2D eigenvalue weighted by atomic mass is 10.1. The SMILES string of the molecule is CC(C)CCN(C(=O)c1ccc(Br)c([N+](=O)[O-])c1)C1CC1. The minimum Gasteiger partial charge on any atom is -0.336 e. The average Bonchev–Trinajstić information content (AvgIpc) is 3.23. The topological polar surface area (TPSA) is 63.5 Å². The van der Waals surface area contributed by atoms with Gasteiger partial charge in [-0.1, -0.05) is 13.8 Å². The van der Waals surface area contributed by atoms with Gasteiger partial charge in [0.15, 0.2) is 0 Å². The third kappa shape index (κ3) is 4.03. The highest BCUT2D eigenvalue weighted by Gasteiger charge is 2.33. The predicted octanol–water partition coefficient (Wildman–Crippen LogP) is 4.01. The molecule has 1 aromatic rings. The second kappa shape index (κ2) is 6.56. The molecule has 0 N–H and O–H groups in total. The molecule has 0 saturated heterocycles. The normalized spacial score (nSPS) is 14.3. The fourth-order valence-corrected chi connectivity index (χ4v) is 2.58. The number of hydrogen-bond donors (Lipinski definition) is 0. The molecule has 1 amide bonds. The van der Waals surface area contributed by atoms with Gasteiger partial charge < -0.3 is 4.90 Å². The number of benzene rings is 1. The largest absolute Gasteiger partial charge is 0.336 e. The first kappa shape index (κ1) is 15.9. The Morgan fingerprint density at radius 2 is 2.14 bits per heavy atom. The van der Waals surface area contributed by atoms with Crippen LogP contribution in [-0.2, 0) is 0 Å². The van der Waals surface area contributed by atoms with Crippen molar-refractivity contribution in [2.24, 2.45) is 5.92 Å². The summed E-state index contributed by atoms with van der Waals surface area (Å²) in [5.74, 6) is 0.423. The summed E-state index contributed by atoms with van der Waals surface area (Å²) < 4.78 is 0.393. The maximum absolute atomic E-state index is 12.6. The van der Waals surface area contributed by atoms with Gasteiger partial charge in [-0.3, -0.25) is 14.9 Å². The molecule has 1 saturated carbocycles. The molecule has 0 aliphatic heterocycles. The maximum atomic E-state index is 12.6. The van der Waals surface area contributed by atoms with E-state index in [9.17, 15) is 14.9 Å². The molecule has 0 atom stereocenters. The Labute approximate surface area is 132 Å². The molecule has 1 aromatic carbocycles. The van der Waals surface area contributed by atoms with Gasteiger partial charge in [-0.05, 0) is 53.2 Å². The molecular formula is C15H19BrN2O3. The van der Waals surface area contributed by atoms with Gasteiger partial charge in [0.05, 0.1) is 9.40 Å². The molecule has 2 rings (SSSR count). The summed E-state index contributed by atoms with van der Waals surface area (Å²) in [6.07, 6.45) is 3.01. The lowest BCUT2D eigenvalue weighted by Crippen LogP contribution is -2.34. The molecule has 0 aromatic heterocycles. The fraction of sp³-hybridized carbons (Fsp3) is 0.533. The van der Waals surface area contributed by atoms with E-state index in [0.717, 1.165) is 19.3 Å². The van der Waals surface area contributed by atoms with Crippen molar-refractivity contribution in [1.82, 2.24) is 4.90 Å². The van der Waals surface area contributed by atoms with Gasteiger partial charge in [0.1, 0.15) is 0 Å². The van der Waals surface area contributed by atoms with Gasteiger partial charge in [0, 0.05) is 24.2 Å². The van der Waals surface area contributed by atoms with Gasteiger partial charge in [-0.2, -0.15) is 0 Å². The standard InChI is InChI=1S/C15H19BrN2O3/c1-10(2)7-8-17(12-4-5-12)15(19)11-3-6-13(16)14(9-11)18(20)21/h3,6,9-10,12H,4-5,7-8H2,1-2H3. The molecular weight excluding hydrogens is 336 g/mol. The Morgan fingerprint density at radius 1 is 1.48 bits per heavy atom. The van der Waals surface area contributed by atoms with Gasteiger partial charge >= 0.3 is 0 Å². The molecule has 0 spiro atoms. The van der Waals surface area contributed by atoms with Crippen LogP contribution in [0.1, 0.15) is 43.5 Å². The summed E-state index contributed by atoms with van der Waals surface area (Å²) in [6.45, 7) is 4.96. The van der Waals surface area contributed by atoms with E-state index in [1.54, 1.807) is 12.1 Å². The summed E-state index contributed by atoms with van der Waals surface area (Å²) in [7, 11) is 0. The summed E-state index contributed by atoms with van der Waals surface area (Å²) >= 11 is 3.14. The highest BCUT2D eigenvalue weighted by Crippen LogP contribution is 2.31. The zero-order chi connectivity index (χ0) is 15.6.